The normalized spacial score (nSPS) is 26.6. The molecule has 0 N–H and O–H groups in total. The lowest BCUT2D eigenvalue weighted by Crippen LogP contribution is -2.56. The molecular formula is C23H27F3N4O3. The fourth-order valence-corrected chi connectivity index (χ4v) is 5.04. The van der Waals surface area contributed by atoms with Crippen LogP contribution in [0, 0.1) is 0 Å². The summed E-state index contributed by atoms with van der Waals surface area (Å²) in [6.45, 7) is 1.93. The Kier molecular flexibility index (Phi) is 5.30. The summed E-state index contributed by atoms with van der Waals surface area (Å²) in [4.78, 5) is 20.7. The molecule has 3 atom stereocenters. The molecule has 1 aromatic heterocycles. The molecule has 33 heavy (non-hydrogen) atoms. The van der Waals surface area contributed by atoms with Crippen LogP contribution in [0.15, 0.2) is 35.1 Å². The van der Waals surface area contributed by atoms with Crippen molar-refractivity contribution in [2.45, 2.75) is 56.7 Å². The summed E-state index contributed by atoms with van der Waals surface area (Å²) >= 11 is 0. The van der Waals surface area contributed by atoms with E-state index in [9.17, 15) is 18.0 Å². The van der Waals surface area contributed by atoms with Crippen molar-refractivity contribution in [3.8, 4) is 5.75 Å². The Hall–Kier alpha value is -2.75. The Bertz CT molecular complexity index is 1080. The summed E-state index contributed by atoms with van der Waals surface area (Å²) in [6.07, 6.45) is -2.11. The maximum absolute atomic E-state index is 14.3. The highest BCUT2D eigenvalue weighted by Gasteiger charge is 2.59. The van der Waals surface area contributed by atoms with Crippen LogP contribution >= 0.6 is 0 Å². The van der Waals surface area contributed by atoms with Crippen molar-refractivity contribution in [2.75, 3.05) is 36.5 Å². The molecule has 10 heteroatoms. The first-order valence-electron chi connectivity index (χ1n) is 11.2. The van der Waals surface area contributed by atoms with Gasteiger partial charge in [-0.05, 0) is 43.9 Å². The molecule has 0 amide bonds. The van der Waals surface area contributed by atoms with Gasteiger partial charge in [-0.2, -0.15) is 18.2 Å². The van der Waals surface area contributed by atoms with E-state index >= 15 is 0 Å². The lowest BCUT2D eigenvalue weighted by molar-refractivity contribution is -0.182. The highest BCUT2D eigenvalue weighted by molar-refractivity contribution is 5.50. The first kappa shape index (κ1) is 22.1. The Morgan fingerprint density at radius 1 is 1.18 bits per heavy atom. The zero-order valence-electron chi connectivity index (χ0n) is 18.6. The van der Waals surface area contributed by atoms with Crippen LogP contribution in [0.4, 0.5) is 24.9 Å². The van der Waals surface area contributed by atoms with Gasteiger partial charge in [0.15, 0.2) is 5.54 Å². The summed E-state index contributed by atoms with van der Waals surface area (Å²) in [5.41, 5.74) is -1.81. The van der Waals surface area contributed by atoms with E-state index < -0.39 is 23.8 Å². The summed E-state index contributed by atoms with van der Waals surface area (Å²) in [6, 6.07) is 8.59. The quantitative estimate of drug-likeness (QED) is 0.678. The maximum Gasteiger partial charge on any atom is 0.413 e. The Labute approximate surface area is 189 Å². The van der Waals surface area contributed by atoms with E-state index in [-0.39, 0.29) is 24.7 Å². The first-order valence-corrected chi connectivity index (χ1v) is 11.2. The van der Waals surface area contributed by atoms with E-state index in [1.54, 1.807) is 19.2 Å². The van der Waals surface area contributed by atoms with Gasteiger partial charge in [0.2, 0.25) is 5.95 Å². The Balaban J connectivity index is 1.47. The number of fused-ring (bicyclic) bond motifs is 3. The van der Waals surface area contributed by atoms with Gasteiger partial charge < -0.3 is 19.3 Å². The molecule has 0 radical (unpaired) electrons. The number of rotatable bonds is 5. The van der Waals surface area contributed by atoms with Crippen LogP contribution in [0.3, 0.4) is 0 Å². The van der Waals surface area contributed by atoms with Gasteiger partial charge in [-0.15, -0.1) is 0 Å². The predicted molar refractivity (Wildman–Crippen MR) is 117 cm³/mol. The van der Waals surface area contributed by atoms with Crippen molar-refractivity contribution >= 4 is 11.8 Å². The van der Waals surface area contributed by atoms with Crippen LogP contribution in [0.1, 0.15) is 25.3 Å². The summed E-state index contributed by atoms with van der Waals surface area (Å²) in [5.74, 6) is 1.18. The zero-order chi connectivity index (χ0) is 23.4. The third kappa shape index (κ3) is 3.84. The Morgan fingerprint density at radius 2 is 1.85 bits per heavy atom. The molecular weight excluding hydrogens is 437 g/mol. The molecule has 2 saturated heterocycles. The zero-order valence-corrected chi connectivity index (χ0v) is 18.6. The molecule has 0 spiro atoms. The minimum absolute atomic E-state index is 0.0738. The van der Waals surface area contributed by atoms with E-state index in [1.165, 1.54) is 11.0 Å². The number of benzene rings is 1. The molecule has 5 rings (SSSR count). The van der Waals surface area contributed by atoms with E-state index in [0.717, 1.165) is 29.9 Å². The summed E-state index contributed by atoms with van der Waals surface area (Å²) in [5, 5.41) is 0. The Morgan fingerprint density at radius 3 is 2.45 bits per heavy atom. The molecule has 1 aromatic carbocycles. The summed E-state index contributed by atoms with van der Waals surface area (Å²) < 4.78 is 54.9. The molecule has 2 bridgehead atoms. The number of hydrogen-bond acceptors (Lipinski definition) is 6. The van der Waals surface area contributed by atoms with E-state index in [0.29, 0.717) is 31.1 Å². The average molecular weight is 464 g/mol. The van der Waals surface area contributed by atoms with Crippen LogP contribution in [-0.4, -0.2) is 60.2 Å². The number of halogens is 3. The van der Waals surface area contributed by atoms with Gasteiger partial charge in [-0.25, -0.2) is 0 Å². The number of hydrogen-bond donors (Lipinski definition) is 0. The van der Waals surface area contributed by atoms with Crippen molar-refractivity contribution in [1.29, 1.82) is 0 Å². The predicted octanol–water partition coefficient (Wildman–Crippen LogP) is 3.00. The minimum Gasteiger partial charge on any atom is -0.497 e. The van der Waals surface area contributed by atoms with Crippen LogP contribution in [-0.2, 0) is 17.7 Å². The second-order valence-electron chi connectivity index (χ2n) is 9.22. The molecule has 2 aromatic rings. The standard InChI is InChI=1S/C23H27F3N4O3/c1-22(23(24,25)26)14-29-20(31)11-19(28-12-17-7-8-18(13-28)33-17)27-21(29)30(22)10-9-15-3-5-16(32-2)6-4-15/h3-6,11,17-18H,7-10,12-14H2,1-2H3. The van der Waals surface area contributed by atoms with Crippen LogP contribution in [0.25, 0.3) is 0 Å². The van der Waals surface area contributed by atoms with E-state index in [4.69, 9.17) is 9.47 Å². The number of nitrogens with zero attached hydrogens (tertiary/aromatic N) is 4. The molecule has 2 fully saturated rings. The van der Waals surface area contributed by atoms with Crippen molar-refractivity contribution < 1.29 is 22.6 Å². The number of aromatic nitrogens is 2. The van der Waals surface area contributed by atoms with Gasteiger partial charge in [0.25, 0.3) is 5.56 Å². The highest BCUT2D eigenvalue weighted by Crippen LogP contribution is 2.43. The minimum atomic E-state index is -4.54. The second-order valence-corrected chi connectivity index (χ2v) is 9.22. The number of morpholine rings is 1. The lowest BCUT2D eigenvalue weighted by Gasteiger charge is -2.37. The number of alkyl halides is 3. The average Bonchev–Trinajstić information content (AvgIpc) is 3.28. The number of anilines is 2. The molecule has 0 aliphatic carbocycles. The molecule has 178 valence electrons. The van der Waals surface area contributed by atoms with Gasteiger partial charge in [0, 0.05) is 25.7 Å². The topological polar surface area (TPSA) is 59.8 Å². The summed E-state index contributed by atoms with van der Waals surface area (Å²) in [7, 11) is 1.56. The SMILES string of the molecule is COc1ccc(CCN2c3nc(N4CC5CCC(C4)O5)cc(=O)n3CC2(C)C(F)(F)F)cc1. The maximum atomic E-state index is 14.3. The third-order valence-corrected chi connectivity index (χ3v) is 7.04. The van der Waals surface area contributed by atoms with Gasteiger partial charge in [-0.1, -0.05) is 12.1 Å². The van der Waals surface area contributed by atoms with Crippen molar-refractivity contribution in [3.63, 3.8) is 0 Å². The fourth-order valence-electron chi connectivity index (χ4n) is 5.04. The molecule has 4 heterocycles. The molecule has 3 aliphatic heterocycles. The van der Waals surface area contributed by atoms with E-state index in [2.05, 4.69) is 4.98 Å². The highest BCUT2D eigenvalue weighted by atomic mass is 19.4. The first-order chi connectivity index (χ1) is 15.7. The largest absolute Gasteiger partial charge is 0.497 e. The molecule has 7 nitrogen and oxygen atoms in total. The monoisotopic (exact) mass is 464 g/mol. The molecule has 0 saturated carbocycles. The van der Waals surface area contributed by atoms with Crippen molar-refractivity contribution in [2.24, 2.45) is 0 Å². The van der Waals surface area contributed by atoms with Crippen LogP contribution < -0.4 is 20.1 Å². The van der Waals surface area contributed by atoms with Crippen molar-refractivity contribution in [1.82, 2.24) is 9.55 Å². The van der Waals surface area contributed by atoms with Crippen LogP contribution in [0.2, 0.25) is 0 Å². The second kappa shape index (κ2) is 7.93. The van der Waals surface area contributed by atoms with Gasteiger partial charge in [-0.3, -0.25) is 9.36 Å². The van der Waals surface area contributed by atoms with Gasteiger partial charge >= 0.3 is 6.18 Å². The smallest absolute Gasteiger partial charge is 0.413 e. The third-order valence-electron chi connectivity index (χ3n) is 7.04. The van der Waals surface area contributed by atoms with Gasteiger partial charge in [0.1, 0.15) is 11.6 Å². The van der Waals surface area contributed by atoms with Crippen molar-refractivity contribution in [3.05, 3.63) is 46.2 Å². The van der Waals surface area contributed by atoms with Gasteiger partial charge in [0.05, 0.1) is 25.9 Å². The van der Waals surface area contributed by atoms with E-state index in [1.807, 2.05) is 17.0 Å². The molecule has 3 aliphatic rings. The number of methoxy groups -OCH3 is 1. The molecule has 3 unspecified atom stereocenters. The fraction of sp³-hybridized carbons (Fsp3) is 0.565. The lowest BCUT2D eigenvalue weighted by atomic mass is 10.00. The van der Waals surface area contributed by atoms with Crippen LogP contribution in [0.5, 0.6) is 5.75 Å². The number of ether oxygens (including phenoxy) is 2.